The van der Waals surface area contributed by atoms with Gasteiger partial charge in [-0.3, -0.25) is 14.2 Å². The van der Waals surface area contributed by atoms with Gasteiger partial charge in [0.05, 0.1) is 16.7 Å². The standard InChI is InChI=1S/C20H26BrN3O2S/c1-13(2)11-24-19(26)16-10-14(21)8-9-17(16)23-20(24)27-12-18(25)22-15-6-4-3-5-7-15/h8-10,13,15H,3-7,11-12H2,1-2H3,(H,22,25). The van der Waals surface area contributed by atoms with E-state index < -0.39 is 0 Å². The van der Waals surface area contributed by atoms with Gasteiger partial charge in [0.2, 0.25) is 5.91 Å². The highest BCUT2D eigenvalue weighted by Crippen LogP contribution is 2.22. The molecule has 2 aromatic rings. The smallest absolute Gasteiger partial charge is 0.262 e. The quantitative estimate of drug-likeness (QED) is 0.523. The molecule has 0 bridgehead atoms. The molecule has 1 aromatic heterocycles. The van der Waals surface area contributed by atoms with Crippen molar-refractivity contribution in [3.63, 3.8) is 0 Å². The third-order valence-corrected chi connectivity index (χ3v) is 6.20. The van der Waals surface area contributed by atoms with Crippen LogP contribution in [0.4, 0.5) is 0 Å². The highest BCUT2D eigenvalue weighted by atomic mass is 79.9. The van der Waals surface area contributed by atoms with Crippen molar-refractivity contribution in [1.29, 1.82) is 0 Å². The lowest BCUT2D eigenvalue weighted by Crippen LogP contribution is -2.37. The highest BCUT2D eigenvalue weighted by Gasteiger charge is 2.18. The Morgan fingerprint density at radius 2 is 2.07 bits per heavy atom. The van der Waals surface area contributed by atoms with Crippen LogP contribution in [0.1, 0.15) is 46.0 Å². The van der Waals surface area contributed by atoms with E-state index in [1.54, 1.807) is 4.57 Å². The van der Waals surface area contributed by atoms with Crippen LogP contribution < -0.4 is 10.9 Å². The molecule has 1 saturated carbocycles. The van der Waals surface area contributed by atoms with Crippen molar-refractivity contribution in [2.75, 3.05) is 5.75 Å². The molecule has 5 nitrogen and oxygen atoms in total. The summed E-state index contributed by atoms with van der Waals surface area (Å²) in [5.74, 6) is 0.612. The van der Waals surface area contributed by atoms with Crippen LogP contribution in [0.3, 0.4) is 0 Å². The Hall–Kier alpha value is -1.34. The maximum absolute atomic E-state index is 13.0. The molecule has 0 spiro atoms. The molecule has 1 aromatic carbocycles. The number of rotatable bonds is 6. The van der Waals surface area contributed by atoms with Crippen LogP contribution in [-0.2, 0) is 11.3 Å². The SMILES string of the molecule is CC(C)Cn1c(SCC(=O)NC2CCCCC2)nc2ccc(Br)cc2c1=O. The summed E-state index contributed by atoms with van der Waals surface area (Å²) in [6.07, 6.45) is 5.77. The first-order chi connectivity index (χ1) is 12.9. The van der Waals surface area contributed by atoms with Gasteiger partial charge < -0.3 is 5.32 Å². The Balaban J connectivity index is 1.80. The summed E-state index contributed by atoms with van der Waals surface area (Å²) in [6, 6.07) is 5.83. The molecule has 3 rings (SSSR count). The monoisotopic (exact) mass is 451 g/mol. The normalized spacial score (nSPS) is 15.4. The average molecular weight is 452 g/mol. The summed E-state index contributed by atoms with van der Waals surface area (Å²) in [4.78, 5) is 30.0. The van der Waals surface area contributed by atoms with Crippen molar-refractivity contribution >= 4 is 44.5 Å². The first-order valence-corrected chi connectivity index (χ1v) is 11.3. The highest BCUT2D eigenvalue weighted by molar-refractivity contribution is 9.10. The Bertz CT molecular complexity index is 875. The van der Waals surface area contributed by atoms with Crippen molar-refractivity contribution in [3.8, 4) is 0 Å². The number of nitrogens with zero attached hydrogens (tertiary/aromatic N) is 2. The minimum absolute atomic E-state index is 0.0214. The van der Waals surface area contributed by atoms with Gasteiger partial charge >= 0.3 is 0 Å². The minimum Gasteiger partial charge on any atom is -0.353 e. The van der Waals surface area contributed by atoms with Gasteiger partial charge in [-0.25, -0.2) is 4.98 Å². The number of hydrogen-bond donors (Lipinski definition) is 1. The Morgan fingerprint density at radius 3 is 2.78 bits per heavy atom. The number of benzene rings is 1. The van der Waals surface area contributed by atoms with Crippen molar-refractivity contribution in [3.05, 3.63) is 33.0 Å². The van der Waals surface area contributed by atoms with Crippen molar-refractivity contribution in [2.45, 2.75) is 63.7 Å². The molecule has 0 saturated heterocycles. The number of hydrogen-bond acceptors (Lipinski definition) is 4. The molecular formula is C20H26BrN3O2S. The number of thioether (sulfide) groups is 1. The fraction of sp³-hybridized carbons (Fsp3) is 0.550. The molecule has 0 unspecified atom stereocenters. The van der Waals surface area contributed by atoms with Gasteiger partial charge in [0.1, 0.15) is 0 Å². The zero-order valence-electron chi connectivity index (χ0n) is 15.8. The second-order valence-electron chi connectivity index (χ2n) is 7.56. The lowest BCUT2D eigenvalue weighted by molar-refractivity contribution is -0.119. The summed E-state index contributed by atoms with van der Waals surface area (Å²) in [5.41, 5.74) is 0.614. The van der Waals surface area contributed by atoms with E-state index in [9.17, 15) is 9.59 Å². The van der Waals surface area contributed by atoms with E-state index in [1.165, 1.54) is 31.0 Å². The molecule has 0 atom stereocenters. The van der Waals surface area contributed by atoms with E-state index in [1.807, 2.05) is 18.2 Å². The van der Waals surface area contributed by atoms with Crippen LogP contribution in [0.15, 0.2) is 32.6 Å². The fourth-order valence-electron chi connectivity index (χ4n) is 3.46. The van der Waals surface area contributed by atoms with Gasteiger partial charge in [-0.15, -0.1) is 0 Å². The minimum atomic E-state index is -0.0508. The van der Waals surface area contributed by atoms with Crippen LogP contribution in [0.5, 0.6) is 0 Å². The van der Waals surface area contributed by atoms with Gasteiger partial charge in [0.25, 0.3) is 5.56 Å². The number of carbonyl (C=O) groups is 1. The molecule has 1 aliphatic rings. The van der Waals surface area contributed by atoms with Crippen LogP contribution >= 0.6 is 27.7 Å². The Kier molecular flexibility index (Phi) is 6.98. The van der Waals surface area contributed by atoms with E-state index in [4.69, 9.17) is 0 Å². The van der Waals surface area contributed by atoms with E-state index in [0.717, 1.165) is 17.3 Å². The van der Waals surface area contributed by atoms with E-state index >= 15 is 0 Å². The predicted molar refractivity (Wildman–Crippen MR) is 114 cm³/mol. The Labute approximate surface area is 172 Å². The van der Waals surface area contributed by atoms with E-state index in [-0.39, 0.29) is 17.2 Å². The number of aromatic nitrogens is 2. The van der Waals surface area contributed by atoms with Gasteiger partial charge in [0, 0.05) is 17.1 Å². The van der Waals surface area contributed by atoms with Crippen molar-refractivity contribution in [2.24, 2.45) is 5.92 Å². The maximum Gasteiger partial charge on any atom is 0.262 e. The average Bonchev–Trinajstić information content (AvgIpc) is 2.64. The number of halogens is 1. The van der Waals surface area contributed by atoms with Crippen LogP contribution in [0.2, 0.25) is 0 Å². The molecule has 27 heavy (non-hydrogen) atoms. The van der Waals surface area contributed by atoms with Crippen LogP contribution in [0.25, 0.3) is 10.9 Å². The number of fused-ring (bicyclic) bond motifs is 1. The van der Waals surface area contributed by atoms with Crippen LogP contribution in [0, 0.1) is 5.92 Å². The van der Waals surface area contributed by atoms with E-state index in [0.29, 0.717) is 34.6 Å². The molecule has 1 aliphatic carbocycles. The van der Waals surface area contributed by atoms with Crippen molar-refractivity contribution < 1.29 is 4.79 Å². The molecular weight excluding hydrogens is 426 g/mol. The van der Waals surface area contributed by atoms with E-state index in [2.05, 4.69) is 40.1 Å². The third kappa shape index (κ3) is 5.35. The fourth-order valence-corrected chi connectivity index (χ4v) is 4.64. The number of carbonyl (C=O) groups excluding carboxylic acids is 1. The molecule has 0 radical (unpaired) electrons. The summed E-state index contributed by atoms with van der Waals surface area (Å²) in [6.45, 7) is 4.73. The first-order valence-electron chi connectivity index (χ1n) is 9.56. The molecule has 0 aliphatic heterocycles. The zero-order valence-corrected chi connectivity index (χ0v) is 18.2. The van der Waals surface area contributed by atoms with Crippen molar-refractivity contribution in [1.82, 2.24) is 14.9 Å². The summed E-state index contributed by atoms with van der Waals surface area (Å²) in [7, 11) is 0. The van der Waals surface area contributed by atoms with Gasteiger partial charge in [-0.2, -0.15) is 0 Å². The summed E-state index contributed by atoms with van der Waals surface area (Å²) >= 11 is 4.77. The molecule has 1 N–H and O–H groups in total. The molecule has 1 amide bonds. The topological polar surface area (TPSA) is 64.0 Å². The van der Waals surface area contributed by atoms with Crippen LogP contribution in [-0.4, -0.2) is 27.3 Å². The predicted octanol–water partition coefficient (Wildman–Crippen LogP) is 4.36. The Morgan fingerprint density at radius 1 is 1.33 bits per heavy atom. The second kappa shape index (κ2) is 9.24. The number of amides is 1. The summed E-state index contributed by atoms with van der Waals surface area (Å²) in [5, 5.41) is 4.34. The third-order valence-electron chi connectivity index (χ3n) is 4.73. The molecule has 7 heteroatoms. The second-order valence-corrected chi connectivity index (χ2v) is 9.41. The molecule has 146 valence electrons. The zero-order chi connectivity index (χ0) is 19.4. The van der Waals surface area contributed by atoms with Gasteiger partial charge in [-0.05, 0) is 37.0 Å². The number of nitrogens with one attached hydrogen (secondary N) is 1. The maximum atomic E-state index is 13.0. The lowest BCUT2D eigenvalue weighted by atomic mass is 9.95. The first kappa shape index (κ1) is 20.4. The lowest BCUT2D eigenvalue weighted by Gasteiger charge is -2.22. The van der Waals surface area contributed by atoms with Gasteiger partial charge in [0.15, 0.2) is 5.16 Å². The molecule has 1 fully saturated rings. The largest absolute Gasteiger partial charge is 0.353 e. The van der Waals surface area contributed by atoms with Gasteiger partial charge in [-0.1, -0.05) is 60.8 Å². The molecule has 1 heterocycles. The summed E-state index contributed by atoms with van der Waals surface area (Å²) < 4.78 is 2.56.